The van der Waals surface area contributed by atoms with Crippen molar-refractivity contribution in [3.8, 4) is 0 Å². The average Bonchev–Trinajstić information content (AvgIpc) is 2.27. The van der Waals surface area contributed by atoms with Crippen LogP contribution in [0.1, 0.15) is 26.7 Å². The zero-order chi connectivity index (χ0) is 11.5. The van der Waals surface area contributed by atoms with E-state index in [4.69, 9.17) is 5.73 Å². The smallest absolute Gasteiger partial charge is 0.244 e. The molecule has 0 fully saturated rings. The number of hydrogen-bond acceptors (Lipinski definition) is 2. The van der Waals surface area contributed by atoms with Gasteiger partial charge in [-0.05, 0) is 12.8 Å². The number of hydrogen-bond donors (Lipinski definition) is 1. The third-order valence-corrected chi connectivity index (χ3v) is 3.23. The van der Waals surface area contributed by atoms with E-state index in [-0.39, 0.29) is 5.92 Å². The van der Waals surface area contributed by atoms with Crippen LogP contribution in [0.3, 0.4) is 0 Å². The maximum absolute atomic E-state index is 11.2. The summed E-state index contributed by atoms with van der Waals surface area (Å²) in [6.07, 6.45) is 7.72. The Morgan fingerprint density at radius 2 is 2.27 bits per heavy atom. The van der Waals surface area contributed by atoms with Crippen LogP contribution >= 0.6 is 0 Å². The lowest BCUT2D eigenvalue weighted by Crippen LogP contribution is -2.36. The van der Waals surface area contributed by atoms with Crippen LogP contribution in [0.25, 0.3) is 0 Å². The van der Waals surface area contributed by atoms with Crippen molar-refractivity contribution in [1.29, 1.82) is 0 Å². The number of amides is 1. The molecule has 0 bridgehead atoms. The van der Waals surface area contributed by atoms with Crippen LogP contribution in [-0.2, 0) is 9.59 Å². The van der Waals surface area contributed by atoms with E-state index in [1.807, 2.05) is 19.9 Å². The predicted molar refractivity (Wildman–Crippen MR) is 59.0 cm³/mol. The molecule has 0 aromatic rings. The lowest BCUT2D eigenvalue weighted by Gasteiger charge is -2.35. The van der Waals surface area contributed by atoms with Gasteiger partial charge in [-0.1, -0.05) is 32.1 Å². The van der Waals surface area contributed by atoms with E-state index >= 15 is 0 Å². The standard InChI is InChI=1S/C12H17NO2/c1-3-10-9(11(13)15)6-5-7-12(10,4-2)8-14/h5-8,10H,3-4H2,1-2H3,(H2,13,15). The van der Waals surface area contributed by atoms with Crippen LogP contribution in [0.5, 0.6) is 0 Å². The van der Waals surface area contributed by atoms with Crippen LogP contribution < -0.4 is 5.73 Å². The highest BCUT2D eigenvalue weighted by molar-refractivity contribution is 5.94. The topological polar surface area (TPSA) is 60.2 Å². The fourth-order valence-electron chi connectivity index (χ4n) is 2.28. The van der Waals surface area contributed by atoms with E-state index in [0.717, 1.165) is 12.7 Å². The largest absolute Gasteiger partial charge is 0.366 e. The van der Waals surface area contributed by atoms with Gasteiger partial charge < -0.3 is 10.5 Å². The summed E-state index contributed by atoms with van der Waals surface area (Å²) in [6.45, 7) is 3.92. The first-order chi connectivity index (χ1) is 7.11. The molecule has 0 spiro atoms. The third kappa shape index (κ3) is 1.87. The highest BCUT2D eigenvalue weighted by Gasteiger charge is 2.38. The first-order valence-corrected chi connectivity index (χ1v) is 5.26. The first kappa shape index (κ1) is 11.7. The normalized spacial score (nSPS) is 29.7. The molecule has 0 heterocycles. The van der Waals surface area contributed by atoms with Gasteiger partial charge in [0.05, 0.1) is 5.41 Å². The molecule has 0 saturated carbocycles. The molecule has 2 N–H and O–H groups in total. The summed E-state index contributed by atoms with van der Waals surface area (Å²) in [4.78, 5) is 22.5. The van der Waals surface area contributed by atoms with Crippen molar-refractivity contribution in [2.75, 3.05) is 0 Å². The Hall–Kier alpha value is -1.38. The Balaban J connectivity index is 3.16. The number of rotatable bonds is 4. The molecule has 0 radical (unpaired) electrons. The molecule has 3 heteroatoms. The third-order valence-electron chi connectivity index (χ3n) is 3.23. The van der Waals surface area contributed by atoms with Crippen molar-refractivity contribution >= 4 is 12.2 Å². The molecule has 3 nitrogen and oxygen atoms in total. The molecule has 1 amide bonds. The Morgan fingerprint density at radius 3 is 2.67 bits per heavy atom. The van der Waals surface area contributed by atoms with Gasteiger partial charge in [-0.15, -0.1) is 0 Å². The second kappa shape index (κ2) is 4.43. The summed E-state index contributed by atoms with van der Waals surface area (Å²) >= 11 is 0. The van der Waals surface area contributed by atoms with Gasteiger partial charge in [-0.2, -0.15) is 0 Å². The van der Waals surface area contributed by atoms with Crippen LogP contribution in [0, 0.1) is 11.3 Å². The summed E-state index contributed by atoms with van der Waals surface area (Å²) in [6, 6.07) is 0. The van der Waals surface area contributed by atoms with Crippen molar-refractivity contribution in [1.82, 2.24) is 0 Å². The molecule has 1 aliphatic carbocycles. The summed E-state index contributed by atoms with van der Waals surface area (Å²) in [7, 11) is 0. The molecular weight excluding hydrogens is 190 g/mol. The molecule has 0 aromatic heterocycles. The highest BCUT2D eigenvalue weighted by atomic mass is 16.1. The Morgan fingerprint density at radius 1 is 1.60 bits per heavy atom. The minimum atomic E-state index is -0.548. The molecule has 2 unspecified atom stereocenters. The monoisotopic (exact) mass is 207 g/mol. The Labute approximate surface area is 90.0 Å². The second-order valence-electron chi connectivity index (χ2n) is 3.89. The quantitative estimate of drug-likeness (QED) is 0.711. The minimum Gasteiger partial charge on any atom is -0.366 e. The van der Waals surface area contributed by atoms with Crippen LogP contribution in [-0.4, -0.2) is 12.2 Å². The highest BCUT2D eigenvalue weighted by Crippen LogP contribution is 2.40. The van der Waals surface area contributed by atoms with E-state index in [9.17, 15) is 9.59 Å². The van der Waals surface area contributed by atoms with Crippen LogP contribution in [0.4, 0.5) is 0 Å². The predicted octanol–water partition coefficient (Wildman–Crippen LogP) is 1.59. The number of nitrogens with two attached hydrogens (primary N) is 1. The second-order valence-corrected chi connectivity index (χ2v) is 3.89. The van der Waals surface area contributed by atoms with Crippen molar-refractivity contribution in [3.63, 3.8) is 0 Å². The number of allylic oxidation sites excluding steroid dienone is 3. The Bertz CT molecular complexity index is 331. The molecule has 82 valence electrons. The van der Waals surface area contributed by atoms with Gasteiger partial charge in [0.15, 0.2) is 0 Å². The lowest BCUT2D eigenvalue weighted by atomic mass is 9.67. The van der Waals surface area contributed by atoms with Gasteiger partial charge in [0.2, 0.25) is 5.91 Å². The van der Waals surface area contributed by atoms with Gasteiger partial charge >= 0.3 is 0 Å². The van der Waals surface area contributed by atoms with Gasteiger partial charge in [0, 0.05) is 11.5 Å². The van der Waals surface area contributed by atoms with Crippen molar-refractivity contribution in [2.24, 2.45) is 17.1 Å². The number of carbonyl (C=O) groups excluding carboxylic acids is 2. The van der Waals surface area contributed by atoms with E-state index < -0.39 is 11.3 Å². The fraction of sp³-hybridized carbons (Fsp3) is 0.500. The first-order valence-electron chi connectivity index (χ1n) is 5.26. The number of carbonyl (C=O) groups is 2. The molecule has 0 aliphatic heterocycles. The Kier molecular flexibility index (Phi) is 3.45. The van der Waals surface area contributed by atoms with Crippen LogP contribution in [0.15, 0.2) is 23.8 Å². The van der Waals surface area contributed by atoms with Gasteiger partial charge in [-0.25, -0.2) is 0 Å². The SMILES string of the molecule is CCC1C(C(N)=O)=CC=CC1(C=O)CC. The van der Waals surface area contributed by atoms with Crippen molar-refractivity contribution in [3.05, 3.63) is 23.8 Å². The number of primary amides is 1. The van der Waals surface area contributed by atoms with Gasteiger partial charge in [0.25, 0.3) is 0 Å². The lowest BCUT2D eigenvalue weighted by molar-refractivity contribution is -0.118. The minimum absolute atomic E-state index is 0.0810. The van der Waals surface area contributed by atoms with Gasteiger partial charge in [0.1, 0.15) is 6.29 Å². The van der Waals surface area contributed by atoms with Crippen molar-refractivity contribution in [2.45, 2.75) is 26.7 Å². The summed E-state index contributed by atoms with van der Waals surface area (Å²) in [5, 5.41) is 0. The maximum atomic E-state index is 11.2. The summed E-state index contributed by atoms with van der Waals surface area (Å²) < 4.78 is 0. The van der Waals surface area contributed by atoms with Gasteiger partial charge in [-0.3, -0.25) is 4.79 Å². The molecule has 0 saturated heterocycles. The molecule has 15 heavy (non-hydrogen) atoms. The zero-order valence-corrected chi connectivity index (χ0v) is 9.19. The van der Waals surface area contributed by atoms with E-state index in [1.165, 1.54) is 0 Å². The van der Waals surface area contributed by atoms with E-state index in [0.29, 0.717) is 12.0 Å². The summed E-state index contributed by atoms with van der Waals surface area (Å²) in [5.41, 5.74) is 5.32. The molecule has 1 aliphatic rings. The maximum Gasteiger partial charge on any atom is 0.244 e. The molecule has 1 rings (SSSR count). The fourth-order valence-corrected chi connectivity index (χ4v) is 2.28. The molecule has 2 atom stereocenters. The molecular formula is C12H17NO2. The zero-order valence-electron chi connectivity index (χ0n) is 9.19. The average molecular weight is 207 g/mol. The number of aldehydes is 1. The van der Waals surface area contributed by atoms with Crippen molar-refractivity contribution < 1.29 is 9.59 Å². The van der Waals surface area contributed by atoms with E-state index in [2.05, 4.69) is 0 Å². The van der Waals surface area contributed by atoms with Crippen LogP contribution in [0.2, 0.25) is 0 Å². The summed E-state index contributed by atoms with van der Waals surface area (Å²) in [5.74, 6) is -0.506. The van der Waals surface area contributed by atoms with E-state index in [1.54, 1.807) is 12.2 Å². The molecule has 0 aromatic carbocycles.